The Bertz CT molecular complexity index is 1040. The minimum absolute atomic E-state index is 0.106. The molecule has 27 heavy (non-hydrogen) atoms. The number of rotatable bonds is 4. The van der Waals surface area contributed by atoms with E-state index in [1.165, 1.54) is 11.8 Å². The van der Waals surface area contributed by atoms with Gasteiger partial charge in [-0.2, -0.15) is 4.98 Å². The second-order valence-corrected chi connectivity index (χ2v) is 7.34. The molecular formula is C17H22N8OS. The van der Waals surface area contributed by atoms with Gasteiger partial charge in [0.15, 0.2) is 21.5 Å². The van der Waals surface area contributed by atoms with E-state index in [1.807, 2.05) is 24.5 Å². The van der Waals surface area contributed by atoms with Crippen LogP contribution in [0.15, 0.2) is 27.4 Å². The Kier molecular flexibility index (Phi) is 4.83. The van der Waals surface area contributed by atoms with Gasteiger partial charge in [0.25, 0.3) is 5.56 Å². The number of imidazole rings is 1. The lowest BCUT2D eigenvalue weighted by Crippen LogP contribution is -2.44. The van der Waals surface area contributed by atoms with Crippen LogP contribution in [-0.4, -0.2) is 55.2 Å². The lowest BCUT2D eigenvalue weighted by atomic mass is 10.4. The minimum Gasteiger partial charge on any atom is -0.340 e. The highest BCUT2D eigenvalue weighted by Crippen LogP contribution is 2.25. The summed E-state index contributed by atoms with van der Waals surface area (Å²) in [6.07, 6.45) is 1.70. The number of anilines is 1. The van der Waals surface area contributed by atoms with Crippen molar-refractivity contribution in [2.45, 2.75) is 30.7 Å². The van der Waals surface area contributed by atoms with Crippen LogP contribution in [0.2, 0.25) is 0 Å². The molecule has 0 amide bonds. The Hall–Kier alpha value is -2.46. The molecule has 3 aromatic heterocycles. The summed E-state index contributed by atoms with van der Waals surface area (Å²) in [5.74, 6) is 0.813. The third-order valence-electron chi connectivity index (χ3n) is 4.60. The van der Waals surface area contributed by atoms with E-state index in [2.05, 4.69) is 25.2 Å². The fourth-order valence-corrected chi connectivity index (χ4v) is 4.00. The van der Waals surface area contributed by atoms with E-state index in [4.69, 9.17) is 4.98 Å². The Morgan fingerprint density at radius 3 is 2.70 bits per heavy atom. The molecule has 1 aliphatic rings. The molecule has 0 bridgehead atoms. The smallest absolute Gasteiger partial charge is 0.280 e. The summed E-state index contributed by atoms with van der Waals surface area (Å²) in [5.41, 5.74) is 1.78. The van der Waals surface area contributed by atoms with E-state index < -0.39 is 0 Å². The van der Waals surface area contributed by atoms with Crippen molar-refractivity contribution in [3.05, 3.63) is 28.3 Å². The zero-order chi connectivity index (χ0) is 19.0. The molecule has 9 nitrogen and oxygen atoms in total. The number of nitrogens with zero attached hydrogens (tertiary/aromatic N) is 7. The number of hydrogen-bond donors (Lipinski definition) is 1. The average Bonchev–Trinajstić information content (AvgIpc) is 3.05. The molecule has 0 aromatic carbocycles. The van der Waals surface area contributed by atoms with Gasteiger partial charge in [-0.1, -0.05) is 0 Å². The Morgan fingerprint density at radius 2 is 2.00 bits per heavy atom. The summed E-state index contributed by atoms with van der Waals surface area (Å²) < 4.78 is 3.52. The SMILES string of the molecule is CCn1c(N2CCNCC2)nc2nc(Sc3nccc(C)n3)n(C)c(=O)c21. The number of nitrogens with one attached hydrogen (secondary N) is 1. The predicted molar refractivity (Wildman–Crippen MR) is 104 cm³/mol. The number of aryl methyl sites for hydroxylation is 2. The van der Waals surface area contributed by atoms with Gasteiger partial charge in [-0.3, -0.25) is 9.36 Å². The van der Waals surface area contributed by atoms with Crippen molar-refractivity contribution in [3.63, 3.8) is 0 Å². The molecule has 1 aliphatic heterocycles. The third-order valence-corrected chi connectivity index (χ3v) is 5.52. The lowest BCUT2D eigenvalue weighted by molar-refractivity contribution is 0.569. The van der Waals surface area contributed by atoms with Gasteiger partial charge >= 0.3 is 0 Å². The van der Waals surface area contributed by atoms with Gasteiger partial charge in [-0.05, 0) is 31.7 Å². The topological polar surface area (TPSA) is 93.8 Å². The molecule has 0 spiro atoms. The molecular weight excluding hydrogens is 364 g/mol. The number of fused-ring (bicyclic) bond motifs is 1. The van der Waals surface area contributed by atoms with E-state index in [-0.39, 0.29) is 5.56 Å². The van der Waals surface area contributed by atoms with Crippen LogP contribution in [0, 0.1) is 6.92 Å². The Morgan fingerprint density at radius 1 is 1.22 bits per heavy atom. The van der Waals surface area contributed by atoms with Crippen LogP contribution in [0.5, 0.6) is 0 Å². The van der Waals surface area contributed by atoms with Crippen molar-refractivity contribution in [2.24, 2.45) is 7.05 Å². The van der Waals surface area contributed by atoms with Crippen molar-refractivity contribution in [1.82, 2.24) is 34.4 Å². The minimum atomic E-state index is -0.106. The van der Waals surface area contributed by atoms with E-state index >= 15 is 0 Å². The summed E-state index contributed by atoms with van der Waals surface area (Å²) in [4.78, 5) is 33.3. The number of aromatic nitrogens is 6. The second-order valence-electron chi connectivity index (χ2n) is 6.41. The van der Waals surface area contributed by atoms with Crippen molar-refractivity contribution in [2.75, 3.05) is 31.1 Å². The summed E-state index contributed by atoms with van der Waals surface area (Å²) in [7, 11) is 1.73. The van der Waals surface area contributed by atoms with Crippen molar-refractivity contribution < 1.29 is 0 Å². The predicted octanol–water partition coefficient (Wildman–Crippen LogP) is 0.809. The molecule has 0 aliphatic carbocycles. The normalized spacial score (nSPS) is 14.9. The van der Waals surface area contributed by atoms with Crippen molar-refractivity contribution in [3.8, 4) is 0 Å². The van der Waals surface area contributed by atoms with Gasteiger partial charge in [0.05, 0.1) is 0 Å². The summed E-state index contributed by atoms with van der Waals surface area (Å²) in [6, 6.07) is 1.84. The number of piperazine rings is 1. The van der Waals surface area contributed by atoms with E-state index in [1.54, 1.807) is 17.8 Å². The standard InChI is InChI=1S/C17H22N8OS/c1-4-25-12-13(21-16(25)24-9-7-18-8-10-24)22-17(23(3)14(12)26)27-15-19-6-5-11(2)20-15/h5-6,18H,4,7-10H2,1-3H3. The molecule has 1 saturated heterocycles. The molecule has 0 saturated carbocycles. The maximum Gasteiger partial charge on any atom is 0.280 e. The van der Waals surface area contributed by atoms with E-state index in [0.717, 1.165) is 37.8 Å². The van der Waals surface area contributed by atoms with Gasteiger partial charge in [0.1, 0.15) is 0 Å². The zero-order valence-corrected chi connectivity index (χ0v) is 16.5. The number of hydrogen-bond acceptors (Lipinski definition) is 8. The Balaban J connectivity index is 1.81. The van der Waals surface area contributed by atoms with Crippen molar-refractivity contribution in [1.29, 1.82) is 0 Å². The second kappa shape index (κ2) is 7.28. The maximum absolute atomic E-state index is 13.1. The molecule has 1 fully saturated rings. The third kappa shape index (κ3) is 3.30. The van der Waals surface area contributed by atoms with Gasteiger partial charge < -0.3 is 14.8 Å². The highest BCUT2D eigenvalue weighted by Gasteiger charge is 2.22. The van der Waals surface area contributed by atoms with Crippen LogP contribution in [0.4, 0.5) is 5.95 Å². The van der Waals surface area contributed by atoms with Crippen LogP contribution >= 0.6 is 11.8 Å². The lowest BCUT2D eigenvalue weighted by Gasteiger charge is -2.28. The Labute approximate surface area is 160 Å². The van der Waals surface area contributed by atoms with Gasteiger partial charge in [-0.25, -0.2) is 15.0 Å². The van der Waals surface area contributed by atoms with Gasteiger partial charge in [0, 0.05) is 51.7 Å². The summed E-state index contributed by atoms with van der Waals surface area (Å²) in [5, 5.41) is 4.44. The van der Waals surface area contributed by atoms with E-state index in [0.29, 0.717) is 28.0 Å². The fourth-order valence-electron chi connectivity index (χ4n) is 3.18. The fraction of sp³-hybridized carbons (Fsp3) is 0.471. The zero-order valence-electron chi connectivity index (χ0n) is 15.6. The van der Waals surface area contributed by atoms with Crippen LogP contribution in [0.1, 0.15) is 12.6 Å². The van der Waals surface area contributed by atoms with E-state index in [9.17, 15) is 4.79 Å². The van der Waals surface area contributed by atoms with Gasteiger partial charge in [-0.15, -0.1) is 0 Å². The van der Waals surface area contributed by atoms with Gasteiger partial charge in [0.2, 0.25) is 5.95 Å². The largest absolute Gasteiger partial charge is 0.340 e. The first kappa shape index (κ1) is 17.9. The highest BCUT2D eigenvalue weighted by molar-refractivity contribution is 7.99. The molecule has 10 heteroatoms. The van der Waals surface area contributed by atoms with Crippen LogP contribution in [-0.2, 0) is 13.6 Å². The molecule has 0 atom stereocenters. The molecule has 4 heterocycles. The molecule has 3 aromatic rings. The van der Waals surface area contributed by atoms with Crippen molar-refractivity contribution >= 4 is 28.9 Å². The summed E-state index contributed by atoms with van der Waals surface area (Å²) >= 11 is 1.27. The van der Waals surface area contributed by atoms with Crippen LogP contribution in [0.25, 0.3) is 11.2 Å². The summed E-state index contributed by atoms with van der Waals surface area (Å²) in [6.45, 7) is 8.14. The molecule has 1 N–H and O–H groups in total. The highest BCUT2D eigenvalue weighted by atomic mass is 32.2. The van der Waals surface area contributed by atoms with Crippen LogP contribution < -0.4 is 15.8 Å². The average molecular weight is 386 g/mol. The monoisotopic (exact) mass is 386 g/mol. The molecule has 0 radical (unpaired) electrons. The maximum atomic E-state index is 13.1. The quantitative estimate of drug-likeness (QED) is 0.659. The first-order valence-electron chi connectivity index (χ1n) is 8.99. The van der Waals surface area contributed by atoms with Crippen LogP contribution in [0.3, 0.4) is 0 Å². The molecule has 142 valence electrons. The first-order chi connectivity index (χ1) is 13.1. The first-order valence-corrected chi connectivity index (χ1v) is 9.80. The molecule has 0 unspecified atom stereocenters. The molecule has 4 rings (SSSR count).